The lowest BCUT2D eigenvalue weighted by atomic mass is 9.92. The van der Waals surface area contributed by atoms with E-state index in [1.807, 2.05) is 25.1 Å². The lowest BCUT2D eigenvalue weighted by Gasteiger charge is -2.36. The molecule has 0 spiro atoms. The van der Waals surface area contributed by atoms with Crippen LogP contribution in [0.3, 0.4) is 0 Å². The van der Waals surface area contributed by atoms with Gasteiger partial charge in [0.15, 0.2) is 0 Å². The monoisotopic (exact) mass is 486 g/mol. The smallest absolute Gasteiger partial charge is 0.303 e. The van der Waals surface area contributed by atoms with Gasteiger partial charge in [-0.15, -0.1) is 0 Å². The maximum Gasteiger partial charge on any atom is 0.303 e. The first kappa shape index (κ1) is 26.5. The topological polar surface area (TPSA) is 88.1 Å². The summed E-state index contributed by atoms with van der Waals surface area (Å²) in [6, 6.07) is 10.5. The van der Waals surface area contributed by atoms with Crippen molar-refractivity contribution in [1.29, 1.82) is 0 Å². The molecule has 1 fully saturated rings. The number of anilines is 2. The van der Waals surface area contributed by atoms with E-state index in [0.29, 0.717) is 31.1 Å². The predicted octanol–water partition coefficient (Wildman–Crippen LogP) is 4.99. The van der Waals surface area contributed by atoms with E-state index in [0.717, 1.165) is 30.6 Å². The molecule has 8 heteroatoms. The third-order valence-electron chi connectivity index (χ3n) is 6.57. The number of halogens is 1. The molecule has 0 bridgehead atoms. The fourth-order valence-corrected chi connectivity index (χ4v) is 4.65. The minimum atomic E-state index is -0.862. The van der Waals surface area contributed by atoms with Crippen LogP contribution in [0.2, 0.25) is 0 Å². The number of hydrogen-bond donors (Lipinski definition) is 2. The van der Waals surface area contributed by atoms with E-state index in [1.165, 1.54) is 13.2 Å². The van der Waals surface area contributed by atoms with E-state index in [-0.39, 0.29) is 36.3 Å². The van der Waals surface area contributed by atoms with Crippen molar-refractivity contribution in [3.05, 3.63) is 53.3 Å². The molecule has 1 aliphatic rings. The van der Waals surface area contributed by atoms with Gasteiger partial charge >= 0.3 is 5.97 Å². The lowest BCUT2D eigenvalue weighted by molar-refractivity contribution is -0.137. The Hall–Kier alpha value is -3.13. The van der Waals surface area contributed by atoms with Gasteiger partial charge in [0, 0.05) is 31.9 Å². The van der Waals surface area contributed by atoms with E-state index in [4.69, 9.17) is 9.47 Å². The molecular weight excluding hydrogens is 451 g/mol. The van der Waals surface area contributed by atoms with Crippen molar-refractivity contribution in [3.63, 3.8) is 0 Å². The lowest BCUT2D eigenvalue weighted by Crippen LogP contribution is -2.40. The number of ether oxygens (including phenoxy) is 2. The summed E-state index contributed by atoms with van der Waals surface area (Å²) in [5.41, 5.74) is 2.61. The van der Waals surface area contributed by atoms with E-state index in [1.54, 1.807) is 12.1 Å². The zero-order chi connectivity index (χ0) is 25.4. The third kappa shape index (κ3) is 6.94. The zero-order valence-corrected chi connectivity index (χ0v) is 20.7. The van der Waals surface area contributed by atoms with Crippen LogP contribution in [0, 0.1) is 5.82 Å². The highest BCUT2D eigenvalue weighted by molar-refractivity contribution is 5.96. The Balaban J connectivity index is 1.92. The Morgan fingerprint density at radius 3 is 2.54 bits per heavy atom. The number of methoxy groups -OCH3 is 1. The van der Waals surface area contributed by atoms with Crippen molar-refractivity contribution in [2.24, 2.45) is 0 Å². The normalized spacial score (nSPS) is 14.9. The average molecular weight is 487 g/mol. The summed E-state index contributed by atoms with van der Waals surface area (Å²) in [6.07, 6.45) is 2.31. The number of hydrogen-bond acceptors (Lipinski definition) is 5. The van der Waals surface area contributed by atoms with Crippen LogP contribution in [0.4, 0.5) is 15.8 Å². The molecule has 0 saturated carbocycles. The van der Waals surface area contributed by atoms with Crippen LogP contribution in [0.25, 0.3) is 0 Å². The number of carboxylic acid groups (broad SMARTS) is 1. The van der Waals surface area contributed by atoms with Crippen LogP contribution < -0.4 is 15.0 Å². The molecule has 35 heavy (non-hydrogen) atoms. The summed E-state index contributed by atoms with van der Waals surface area (Å²) in [5.74, 6) is -1.49. The zero-order valence-electron chi connectivity index (χ0n) is 20.7. The Morgan fingerprint density at radius 2 is 1.94 bits per heavy atom. The van der Waals surface area contributed by atoms with Gasteiger partial charge in [0.1, 0.15) is 11.6 Å². The van der Waals surface area contributed by atoms with Gasteiger partial charge in [-0.1, -0.05) is 19.1 Å². The van der Waals surface area contributed by atoms with Crippen molar-refractivity contribution in [2.75, 3.05) is 37.1 Å². The minimum Gasteiger partial charge on any atom is -0.497 e. The molecule has 7 nitrogen and oxygen atoms in total. The van der Waals surface area contributed by atoms with Gasteiger partial charge < -0.3 is 24.8 Å². The molecule has 1 atom stereocenters. The number of benzene rings is 2. The molecule has 1 saturated heterocycles. The fourth-order valence-electron chi connectivity index (χ4n) is 4.65. The summed E-state index contributed by atoms with van der Waals surface area (Å²) >= 11 is 0. The van der Waals surface area contributed by atoms with Crippen molar-refractivity contribution < 1.29 is 28.6 Å². The Morgan fingerprint density at radius 1 is 1.20 bits per heavy atom. The summed E-state index contributed by atoms with van der Waals surface area (Å²) in [4.78, 5) is 26.7. The van der Waals surface area contributed by atoms with E-state index in [9.17, 15) is 19.1 Å². The number of aliphatic carboxylic acids is 1. The van der Waals surface area contributed by atoms with Gasteiger partial charge in [-0.05, 0) is 61.4 Å². The summed E-state index contributed by atoms with van der Waals surface area (Å²) in [5, 5.41) is 12.3. The van der Waals surface area contributed by atoms with Gasteiger partial charge in [-0.3, -0.25) is 9.59 Å². The minimum absolute atomic E-state index is 0.0117. The molecule has 0 aliphatic carbocycles. The standard InChI is InChI=1S/C27H35FN2O5/c1-4-18(16-27(32)33)19-7-9-25(30(5-2)21-10-12-35-13-11-21)24(14-19)29-26(31)15-20-6-8-22(34-3)17-23(20)28/h6-9,14,17-18,21H,4-5,10-13,15-16H2,1-3H3,(H,29,31)(H,32,33). The van der Waals surface area contributed by atoms with Gasteiger partial charge in [0.05, 0.1) is 31.3 Å². The number of carbonyl (C=O) groups excluding carboxylic acids is 1. The maximum atomic E-state index is 14.4. The first-order valence-electron chi connectivity index (χ1n) is 12.2. The number of rotatable bonds is 11. The maximum absolute atomic E-state index is 14.4. The van der Waals surface area contributed by atoms with E-state index < -0.39 is 11.8 Å². The quantitative estimate of drug-likeness (QED) is 0.465. The molecule has 1 aliphatic heterocycles. The molecular formula is C27H35FN2O5. The number of amides is 1. The number of carbonyl (C=O) groups is 2. The first-order valence-corrected chi connectivity index (χ1v) is 12.2. The van der Waals surface area contributed by atoms with Crippen LogP contribution in [0.5, 0.6) is 5.75 Å². The highest BCUT2D eigenvalue weighted by atomic mass is 19.1. The predicted molar refractivity (Wildman–Crippen MR) is 134 cm³/mol. The molecule has 0 radical (unpaired) electrons. The first-order chi connectivity index (χ1) is 16.9. The number of nitrogens with one attached hydrogen (secondary N) is 1. The number of carboxylic acids is 1. The average Bonchev–Trinajstić information content (AvgIpc) is 2.85. The van der Waals surface area contributed by atoms with E-state index >= 15 is 0 Å². The summed E-state index contributed by atoms with van der Waals surface area (Å²) < 4.78 is 25.0. The van der Waals surface area contributed by atoms with Crippen molar-refractivity contribution >= 4 is 23.3 Å². The largest absolute Gasteiger partial charge is 0.497 e. The Kier molecular flexibility index (Phi) is 9.48. The van der Waals surface area contributed by atoms with Crippen molar-refractivity contribution in [3.8, 4) is 5.75 Å². The second kappa shape index (κ2) is 12.5. The third-order valence-corrected chi connectivity index (χ3v) is 6.57. The molecule has 1 unspecified atom stereocenters. The van der Waals surface area contributed by atoms with E-state index in [2.05, 4.69) is 17.1 Å². The van der Waals surface area contributed by atoms with Gasteiger partial charge in [-0.2, -0.15) is 0 Å². The highest BCUT2D eigenvalue weighted by Crippen LogP contribution is 2.35. The molecule has 2 aromatic rings. The second-order valence-electron chi connectivity index (χ2n) is 8.79. The summed E-state index contributed by atoms with van der Waals surface area (Å²) in [7, 11) is 1.46. The molecule has 3 rings (SSSR count). The van der Waals surface area contributed by atoms with Gasteiger partial charge in [0.2, 0.25) is 5.91 Å². The van der Waals surface area contributed by atoms with Crippen LogP contribution in [-0.4, -0.2) is 49.9 Å². The highest BCUT2D eigenvalue weighted by Gasteiger charge is 2.25. The van der Waals surface area contributed by atoms with Gasteiger partial charge in [-0.25, -0.2) is 4.39 Å². The van der Waals surface area contributed by atoms with Crippen molar-refractivity contribution in [1.82, 2.24) is 0 Å². The van der Waals surface area contributed by atoms with Crippen LogP contribution in [0.1, 0.15) is 56.6 Å². The fraction of sp³-hybridized carbons (Fsp3) is 0.481. The molecule has 1 heterocycles. The Bertz CT molecular complexity index is 1020. The second-order valence-corrected chi connectivity index (χ2v) is 8.79. The molecule has 1 amide bonds. The van der Waals surface area contributed by atoms with Crippen LogP contribution >= 0.6 is 0 Å². The molecule has 190 valence electrons. The van der Waals surface area contributed by atoms with Crippen LogP contribution in [-0.2, 0) is 20.7 Å². The SMILES string of the molecule is CCC(CC(=O)O)c1ccc(N(CC)C2CCOCC2)c(NC(=O)Cc2ccc(OC)cc2F)c1. The molecule has 0 aromatic heterocycles. The molecule has 2 aromatic carbocycles. The van der Waals surface area contributed by atoms with Gasteiger partial charge in [0.25, 0.3) is 0 Å². The number of nitrogens with zero attached hydrogens (tertiary/aromatic N) is 1. The molecule has 2 N–H and O–H groups in total. The van der Waals surface area contributed by atoms with Crippen molar-refractivity contribution in [2.45, 2.75) is 57.9 Å². The summed E-state index contributed by atoms with van der Waals surface area (Å²) in [6.45, 7) is 6.14. The Labute approximate surface area is 206 Å². The van der Waals surface area contributed by atoms with Crippen LogP contribution in [0.15, 0.2) is 36.4 Å².